The summed E-state index contributed by atoms with van der Waals surface area (Å²) in [5.41, 5.74) is 4.55. The van der Waals surface area contributed by atoms with Crippen molar-refractivity contribution < 1.29 is 4.74 Å². The summed E-state index contributed by atoms with van der Waals surface area (Å²) >= 11 is 7.42. The van der Waals surface area contributed by atoms with Crippen LogP contribution in [0.1, 0.15) is 30.7 Å². The fourth-order valence-corrected chi connectivity index (χ4v) is 2.79. The highest BCUT2D eigenvalue weighted by atomic mass is 35.5. The van der Waals surface area contributed by atoms with Crippen molar-refractivity contribution in [1.29, 1.82) is 0 Å². The summed E-state index contributed by atoms with van der Waals surface area (Å²) in [6.07, 6.45) is 0.254. The monoisotopic (exact) mass is 295 g/mol. The number of thiazole rings is 1. The number of benzene rings is 1. The zero-order valence-electron chi connectivity index (χ0n) is 11.4. The minimum atomic E-state index is 0.254. The van der Waals surface area contributed by atoms with Gasteiger partial charge < -0.3 is 4.74 Å². The molecule has 102 valence electrons. The Balaban J connectivity index is 2.18. The van der Waals surface area contributed by atoms with Gasteiger partial charge in [-0.25, -0.2) is 4.98 Å². The van der Waals surface area contributed by atoms with E-state index in [0.29, 0.717) is 12.5 Å². The number of ether oxygens (including phenoxy) is 1. The molecule has 2 rings (SSSR count). The van der Waals surface area contributed by atoms with Gasteiger partial charge in [-0.2, -0.15) is 0 Å². The van der Waals surface area contributed by atoms with Crippen LogP contribution in [0, 0.1) is 6.92 Å². The molecule has 0 bridgehead atoms. The van der Waals surface area contributed by atoms with Crippen LogP contribution in [-0.2, 0) is 17.2 Å². The van der Waals surface area contributed by atoms with Crippen molar-refractivity contribution in [3.05, 3.63) is 40.4 Å². The molecule has 2 nitrogen and oxygen atoms in total. The number of rotatable bonds is 5. The molecule has 0 radical (unpaired) electrons. The van der Waals surface area contributed by atoms with E-state index in [1.165, 1.54) is 11.1 Å². The maximum absolute atomic E-state index is 5.78. The summed E-state index contributed by atoms with van der Waals surface area (Å²) in [5.74, 6) is 0.468. The highest BCUT2D eigenvalue weighted by Gasteiger charge is 2.07. The lowest BCUT2D eigenvalue weighted by Gasteiger charge is -2.10. The molecule has 0 amide bonds. The minimum absolute atomic E-state index is 0.254. The molecule has 0 saturated heterocycles. The van der Waals surface area contributed by atoms with Crippen molar-refractivity contribution in [3.63, 3.8) is 0 Å². The molecule has 19 heavy (non-hydrogen) atoms. The van der Waals surface area contributed by atoms with Crippen LogP contribution in [0.25, 0.3) is 10.6 Å². The van der Waals surface area contributed by atoms with Crippen molar-refractivity contribution in [2.45, 2.75) is 39.4 Å². The molecule has 0 aliphatic heterocycles. The number of alkyl halides is 1. The molecule has 1 aromatic heterocycles. The Hall–Kier alpha value is -0.900. The third kappa shape index (κ3) is 3.78. The Kier molecular flexibility index (Phi) is 4.97. The lowest BCUT2D eigenvalue weighted by molar-refractivity contribution is 0.0654. The Bertz CT molecular complexity index is 551. The molecular formula is C15H18ClNOS. The topological polar surface area (TPSA) is 22.1 Å². The van der Waals surface area contributed by atoms with Gasteiger partial charge in [0.15, 0.2) is 0 Å². The molecule has 0 aliphatic carbocycles. The molecule has 1 aromatic carbocycles. The van der Waals surface area contributed by atoms with Crippen LogP contribution in [0.3, 0.4) is 0 Å². The number of aryl methyl sites for hydroxylation is 1. The van der Waals surface area contributed by atoms with Gasteiger partial charge in [-0.3, -0.25) is 0 Å². The van der Waals surface area contributed by atoms with Crippen LogP contribution in [0.15, 0.2) is 23.6 Å². The van der Waals surface area contributed by atoms with Gasteiger partial charge in [0.25, 0.3) is 0 Å². The zero-order chi connectivity index (χ0) is 13.8. The van der Waals surface area contributed by atoms with Gasteiger partial charge in [-0.15, -0.1) is 22.9 Å². The van der Waals surface area contributed by atoms with E-state index in [0.717, 1.165) is 16.3 Å². The summed E-state index contributed by atoms with van der Waals surface area (Å²) in [5, 5.41) is 3.03. The smallest absolute Gasteiger partial charge is 0.123 e. The maximum atomic E-state index is 5.78. The van der Waals surface area contributed by atoms with Crippen LogP contribution in [0.5, 0.6) is 0 Å². The van der Waals surface area contributed by atoms with Crippen molar-refractivity contribution in [2.24, 2.45) is 0 Å². The molecule has 0 saturated carbocycles. The second-order valence-electron chi connectivity index (χ2n) is 4.78. The lowest BCUT2D eigenvalue weighted by Crippen LogP contribution is -2.03. The van der Waals surface area contributed by atoms with Crippen LogP contribution < -0.4 is 0 Å². The first kappa shape index (κ1) is 14.5. The van der Waals surface area contributed by atoms with E-state index in [9.17, 15) is 0 Å². The lowest BCUT2D eigenvalue weighted by atomic mass is 10.1. The van der Waals surface area contributed by atoms with Gasteiger partial charge in [0.05, 0.1) is 24.3 Å². The maximum Gasteiger partial charge on any atom is 0.123 e. The molecule has 0 unspecified atom stereocenters. The third-order valence-corrected chi connectivity index (χ3v) is 4.06. The van der Waals surface area contributed by atoms with Crippen molar-refractivity contribution >= 4 is 22.9 Å². The predicted molar refractivity (Wildman–Crippen MR) is 81.8 cm³/mol. The summed E-state index contributed by atoms with van der Waals surface area (Å²) < 4.78 is 5.65. The van der Waals surface area contributed by atoms with Crippen LogP contribution >= 0.6 is 22.9 Å². The summed E-state index contributed by atoms with van der Waals surface area (Å²) in [7, 11) is 0. The molecule has 0 atom stereocenters. The third-order valence-electron chi connectivity index (χ3n) is 2.85. The number of halogens is 1. The standard InChI is InChI=1S/C15H18ClNOS/c1-10(2)18-8-13-5-4-12(6-11(13)3)15-17-14(7-16)9-19-15/h4-6,9-10H,7-8H2,1-3H3. The summed E-state index contributed by atoms with van der Waals surface area (Å²) in [4.78, 5) is 4.50. The normalized spacial score (nSPS) is 11.2. The molecule has 0 N–H and O–H groups in total. The van der Waals surface area contributed by atoms with E-state index < -0.39 is 0 Å². The number of nitrogens with zero attached hydrogens (tertiary/aromatic N) is 1. The van der Waals surface area contributed by atoms with Gasteiger partial charge in [0.2, 0.25) is 0 Å². The Morgan fingerprint density at radius 2 is 2.16 bits per heavy atom. The molecule has 1 heterocycles. The first-order chi connectivity index (χ1) is 9.10. The molecule has 4 heteroatoms. The number of hydrogen-bond acceptors (Lipinski definition) is 3. The average Bonchev–Trinajstić information content (AvgIpc) is 2.85. The Morgan fingerprint density at radius 3 is 2.74 bits per heavy atom. The van der Waals surface area contributed by atoms with Crippen LogP contribution in [0.2, 0.25) is 0 Å². The van der Waals surface area contributed by atoms with E-state index >= 15 is 0 Å². The van der Waals surface area contributed by atoms with Crippen molar-refractivity contribution in [1.82, 2.24) is 4.98 Å². The second-order valence-corrected chi connectivity index (χ2v) is 5.90. The van der Waals surface area contributed by atoms with E-state index in [1.54, 1.807) is 11.3 Å². The fourth-order valence-electron chi connectivity index (χ4n) is 1.75. The van der Waals surface area contributed by atoms with Gasteiger partial charge in [0.1, 0.15) is 5.01 Å². The quantitative estimate of drug-likeness (QED) is 0.740. The van der Waals surface area contributed by atoms with Crippen LogP contribution in [-0.4, -0.2) is 11.1 Å². The average molecular weight is 296 g/mol. The SMILES string of the molecule is Cc1cc(-c2nc(CCl)cs2)ccc1COC(C)C. The van der Waals surface area contributed by atoms with Crippen molar-refractivity contribution in [3.8, 4) is 10.6 Å². The largest absolute Gasteiger partial charge is 0.374 e. The molecule has 0 aliphatic rings. The number of aromatic nitrogens is 1. The Labute approximate surface area is 123 Å². The van der Waals surface area contributed by atoms with Gasteiger partial charge in [-0.05, 0) is 38.0 Å². The first-order valence-electron chi connectivity index (χ1n) is 6.32. The first-order valence-corrected chi connectivity index (χ1v) is 7.73. The zero-order valence-corrected chi connectivity index (χ0v) is 13.0. The number of hydrogen-bond donors (Lipinski definition) is 0. The van der Waals surface area contributed by atoms with E-state index in [2.05, 4.69) is 30.1 Å². The summed E-state index contributed by atoms with van der Waals surface area (Å²) in [6.45, 7) is 6.87. The van der Waals surface area contributed by atoms with Crippen molar-refractivity contribution in [2.75, 3.05) is 0 Å². The van der Waals surface area contributed by atoms with Gasteiger partial charge >= 0.3 is 0 Å². The molecule has 0 fully saturated rings. The minimum Gasteiger partial charge on any atom is -0.374 e. The second kappa shape index (κ2) is 6.51. The van der Waals surface area contributed by atoms with E-state index in [4.69, 9.17) is 16.3 Å². The molecular weight excluding hydrogens is 278 g/mol. The molecule has 0 spiro atoms. The molecule has 2 aromatic rings. The summed E-state index contributed by atoms with van der Waals surface area (Å²) in [6, 6.07) is 6.38. The van der Waals surface area contributed by atoms with Gasteiger partial charge in [0, 0.05) is 10.9 Å². The van der Waals surface area contributed by atoms with Gasteiger partial charge in [-0.1, -0.05) is 12.1 Å². The fraction of sp³-hybridized carbons (Fsp3) is 0.400. The highest BCUT2D eigenvalue weighted by Crippen LogP contribution is 2.26. The highest BCUT2D eigenvalue weighted by molar-refractivity contribution is 7.13. The van der Waals surface area contributed by atoms with E-state index in [-0.39, 0.29) is 6.10 Å². The van der Waals surface area contributed by atoms with Crippen LogP contribution in [0.4, 0.5) is 0 Å². The predicted octanol–water partition coefficient (Wildman–Crippen LogP) is 4.78. The Morgan fingerprint density at radius 1 is 1.37 bits per heavy atom. The van der Waals surface area contributed by atoms with E-state index in [1.807, 2.05) is 19.2 Å².